The molecular weight excluding hydrogens is 318 g/mol. The predicted molar refractivity (Wildman–Crippen MR) is 112 cm³/mol. The maximum atomic E-state index is 4.70. The molecule has 1 heterocycles. The van der Waals surface area contributed by atoms with Crippen LogP contribution in [0.2, 0.25) is 16.6 Å². The molecule has 1 aliphatic carbocycles. The van der Waals surface area contributed by atoms with Crippen molar-refractivity contribution in [1.29, 1.82) is 0 Å². The lowest BCUT2D eigenvalue weighted by molar-refractivity contribution is 0.838. The molecule has 2 aromatic rings. The molecule has 132 valence electrons. The Kier molecular flexibility index (Phi) is 5.07. The minimum Gasteiger partial charge on any atom is -0.256 e. The number of fused-ring (bicyclic) bond motifs is 1. The lowest BCUT2D eigenvalue weighted by Gasteiger charge is -2.38. The van der Waals surface area contributed by atoms with Gasteiger partial charge in [-0.1, -0.05) is 53.5 Å². The first-order valence-corrected chi connectivity index (χ1v) is 12.0. The number of aromatic nitrogens is 1. The quantitative estimate of drug-likeness (QED) is 0.443. The third-order valence-corrected chi connectivity index (χ3v) is 12.3. The summed E-state index contributed by atoms with van der Waals surface area (Å²) in [6.07, 6.45) is 4.71. The van der Waals surface area contributed by atoms with Crippen molar-refractivity contribution in [1.82, 2.24) is 4.98 Å². The Morgan fingerprint density at radius 1 is 0.960 bits per heavy atom. The van der Waals surface area contributed by atoms with Crippen molar-refractivity contribution in [2.45, 2.75) is 76.9 Å². The van der Waals surface area contributed by atoms with Gasteiger partial charge in [-0.3, -0.25) is 4.98 Å². The van der Waals surface area contributed by atoms with Crippen molar-refractivity contribution in [2.75, 3.05) is 0 Å². The first-order chi connectivity index (χ1) is 11.8. The lowest BCUT2D eigenvalue weighted by Crippen LogP contribution is -2.43. The highest BCUT2D eigenvalue weighted by molar-refractivity contribution is 6.90. The molecule has 25 heavy (non-hydrogen) atoms. The van der Waals surface area contributed by atoms with Crippen LogP contribution in [-0.2, 0) is 0 Å². The predicted octanol–water partition coefficient (Wildman–Crippen LogP) is 6.68. The molecule has 3 rings (SSSR count). The fourth-order valence-electron chi connectivity index (χ4n) is 4.47. The second-order valence-corrected chi connectivity index (χ2v) is 14.2. The number of pyridine rings is 1. The van der Waals surface area contributed by atoms with Gasteiger partial charge in [-0.2, -0.15) is 0 Å². The number of rotatable bonds is 4. The molecule has 1 aliphatic rings. The zero-order valence-electron chi connectivity index (χ0n) is 16.6. The average Bonchev–Trinajstić information content (AvgIpc) is 3.38. The van der Waals surface area contributed by atoms with Crippen LogP contribution < -0.4 is 0 Å². The molecule has 0 aliphatic heterocycles. The van der Waals surface area contributed by atoms with Gasteiger partial charge in [-0.15, -0.1) is 5.54 Å². The van der Waals surface area contributed by atoms with Crippen LogP contribution in [0.1, 0.15) is 71.4 Å². The van der Waals surface area contributed by atoms with E-state index in [-0.39, 0.29) is 0 Å². The summed E-state index contributed by atoms with van der Waals surface area (Å²) in [5.41, 5.74) is 9.39. The number of nitrogens with zero attached hydrogens (tertiary/aromatic N) is 1. The highest BCUT2D eigenvalue weighted by atomic mass is 28.3. The van der Waals surface area contributed by atoms with Crippen LogP contribution in [0.4, 0.5) is 0 Å². The molecule has 0 unspecified atom stereocenters. The number of benzene rings is 1. The van der Waals surface area contributed by atoms with Gasteiger partial charge in [-0.25, -0.2) is 0 Å². The van der Waals surface area contributed by atoms with Crippen molar-refractivity contribution in [3.05, 3.63) is 41.6 Å². The van der Waals surface area contributed by atoms with E-state index in [1.54, 1.807) is 0 Å². The Morgan fingerprint density at radius 3 is 2.16 bits per heavy atom. The van der Waals surface area contributed by atoms with E-state index in [9.17, 15) is 0 Å². The van der Waals surface area contributed by atoms with Gasteiger partial charge in [0.1, 0.15) is 8.07 Å². The molecule has 1 fully saturated rings. The standard InChI is InChI=1S/C23H31NSi/c1-16(2)25(17(3)4,18(5)6)12-11-19-7-8-21-14-22(20-9-10-20)15-24-23(21)13-19/h7-8,13-18,20H,9-10H2,1-6H3. The minimum absolute atomic E-state index is 0.666. The molecule has 0 N–H and O–H groups in total. The number of hydrogen-bond donors (Lipinski definition) is 0. The van der Waals surface area contributed by atoms with Crippen LogP contribution in [-0.4, -0.2) is 13.1 Å². The molecule has 0 atom stereocenters. The van der Waals surface area contributed by atoms with Gasteiger partial charge in [0.15, 0.2) is 0 Å². The third kappa shape index (κ3) is 3.53. The fraction of sp³-hybridized carbons (Fsp3) is 0.522. The summed E-state index contributed by atoms with van der Waals surface area (Å²) >= 11 is 0. The second kappa shape index (κ2) is 6.96. The van der Waals surface area contributed by atoms with Gasteiger partial charge >= 0.3 is 0 Å². The van der Waals surface area contributed by atoms with E-state index in [0.717, 1.165) is 17.0 Å². The Hall–Kier alpha value is -1.59. The first-order valence-electron chi connectivity index (χ1n) is 9.77. The highest BCUT2D eigenvalue weighted by Gasteiger charge is 2.41. The minimum atomic E-state index is -1.67. The van der Waals surface area contributed by atoms with Gasteiger partial charge in [0, 0.05) is 17.1 Å². The Labute approximate surface area is 154 Å². The fourth-order valence-corrected chi connectivity index (χ4v) is 9.70. The molecule has 2 heteroatoms. The summed E-state index contributed by atoms with van der Waals surface area (Å²) in [4.78, 5) is 4.70. The van der Waals surface area contributed by atoms with Crippen LogP contribution in [0.15, 0.2) is 30.5 Å². The zero-order valence-corrected chi connectivity index (χ0v) is 17.6. The van der Waals surface area contributed by atoms with E-state index in [1.165, 1.54) is 23.8 Å². The summed E-state index contributed by atoms with van der Waals surface area (Å²) in [5.74, 6) is 4.30. The maximum absolute atomic E-state index is 4.70. The third-order valence-electron chi connectivity index (χ3n) is 6.04. The summed E-state index contributed by atoms with van der Waals surface area (Å²) < 4.78 is 0. The topological polar surface area (TPSA) is 12.9 Å². The van der Waals surface area contributed by atoms with E-state index >= 15 is 0 Å². The molecule has 0 spiro atoms. The molecule has 0 bridgehead atoms. The average molecular weight is 350 g/mol. The lowest BCUT2D eigenvalue weighted by atomic mass is 10.1. The van der Waals surface area contributed by atoms with Crippen molar-refractivity contribution < 1.29 is 0 Å². The van der Waals surface area contributed by atoms with Crippen LogP contribution >= 0.6 is 0 Å². The van der Waals surface area contributed by atoms with E-state index < -0.39 is 8.07 Å². The van der Waals surface area contributed by atoms with Crippen molar-refractivity contribution in [2.24, 2.45) is 0 Å². The summed E-state index contributed by atoms with van der Waals surface area (Å²) in [7, 11) is -1.67. The largest absolute Gasteiger partial charge is 0.256 e. The highest BCUT2D eigenvalue weighted by Crippen LogP contribution is 2.41. The van der Waals surface area contributed by atoms with Crippen LogP contribution in [0.25, 0.3) is 10.9 Å². The molecule has 0 amide bonds. The van der Waals surface area contributed by atoms with Gasteiger partial charge < -0.3 is 0 Å². The van der Waals surface area contributed by atoms with Gasteiger partial charge in [0.25, 0.3) is 0 Å². The van der Waals surface area contributed by atoms with Crippen LogP contribution in [0.3, 0.4) is 0 Å². The number of hydrogen-bond acceptors (Lipinski definition) is 1. The molecule has 1 saturated carbocycles. The van der Waals surface area contributed by atoms with Gasteiger partial charge in [-0.05, 0) is 59.1 Å². The van der Waals surface area contributed by atoms with E-state index in [0.29, 0.717) is 16.6 Å². The molecular formula is C23H31NSi. The second-order valence-electron chi connectivity index (χ2n) is 8.60. The van der Waals surface area contributed by atoms with Crippen LogP contribution in [0, 0.1) is 11.5 Å². The first kappa shape index (κ1) is 18.2. The zero-order chi connectivity index (χ0) is 18.2. The van der Waals surface area contributed by atoms with E-state index in [4.69, 9.17) is 4.98 Å². The molecule has 1 nitrogen and oxygen atoms in total. The summed E-state index contributed by atoms with van der Waals surface area (Å²) in [6.45, 7) is 14.2. The van der Waals surface area contributed by atoms with Gasteiger partial charge in [0.2, 0.25) is 0 Å². The normalized spacial score (nSPS) is 15.1. The monoisotopic (exact) mass is 349 g/mol. The van der Waals surface area contributed by atoms with Gasteiger partial charge in [0.05, 0.1) is 5.52 Å². The smallest absolute Gasteiger partial charge is 0.146 e. The molecule has 0 radical (unpaired) electrons. The SMILES string of the molecule is CC(C)[Si](C#Cc1ccc2cc(C3CC3)cnc2c1)(C(C)C)C(C)C. The Morgan fingerprint density at radius 2 is 1.60 bits per heavy atom. The van der Waals surface area contributed by atoms with Crippen LogP contribution in [0.5, 0.6) is 0 Å². The Balaban J connectivity index is 1.97. The molecule has 1 aromatic carbocycles. The van der Waals surface area contributed by atoms with Crippen molar-refractivity contribution in [3.63, 3.8) is 0 Å². The van der Waals surface area contributed by atoms with Crippen molar-refractivity contribution in [3.8, 4) is 11.5 Å². The summed E-state index contributed by atoms with van der Waals surface area (Å²) in [5, 5.41) is 1.25. The maximum Gasteiger partial charge on any atom is 0.146 e. The molecule has 0 saturated heterocycles. The van der Waals surface area contributed by atoms with E-state index in [2.05, 4.69) is 83.5 Å². The summed E-state index contributed by atoms with van der Waals surface area (Å²) in [6, 6.07) is 8.85. The van der Waals surface area contributed by atoms with E-state index in [1.807, 2.05) is 0 Å². The molecule has 1 aromatic heterocycles. The van der Waals surface area contributed by atoms with Crippen molar-refractivity contribution >= 4 is 19.0 Å². The Bertz CT molecular complexity index is 797.